The van der Waals surface area contributed by atoms with Crippen molar-refractivity contribution in [3.63, 3.8) is 0 Å². The molecular formula is C15H25N5. The quantitative estimate of drug-likeness (QED) is 0.895. The molecule has 20 heavy (non-hydrogen) atoms. The first-order valence-corrected chi connectivity index (χ1v) is 7.81. The Hall–Kier alpha value is -1.20. The molecule has 0 bridgehead atoms. The monoisotopic (exact) mass is 275 g/mol. The Labute approximate surface area is 121 Å². The summed E-state index contributed by atoms with van der Waals surface area (Å²) < 4.78 is 0. The molecule has 2 aliphatic rings. The van der Waals surface area contributed by atoms with Gasteiger partial charge in [-0.25, -0.2) is 9.97 Å². The molecule has 1 aliphatic carbocycles. The fraction of sp³-hybridized carbons (Fsp3) is 0.733. The van der Waals surface area contributed by atoms with E-state index in [0.29, 0.717) is 6.04 Å². The van der Waals surface area contributed by atoms with Crippen molar-refractivity contribution in [1.82, 2.24) is 14.9 Å². The average molecular weight is 275 g/mol. The van der Waals surface area contributed by atoms with Gasteiger partial charge >= 0.3 is 0 Å². The van der Waals surface area contributed by atoms with Crippen molar-refractivity contribution in [3.8, 4) is 0 Å². The molecule has 2 N–H and O–H groups in total. The Morgan fingerprint density at radius 1 is 1.10 bits per heavy atom. The van der Waals surface area contributed by atoms with Crippen LogP contribution in [0.25, 0.3) is 0 Å². The first-order chi connectivity index (χ1) is 9.81. The van der Waals surface area contributed by atoms with E-state index in [4.69, 9.17) is 5.73 Å². The van der Waals surface area contributed by atoms with Crippen molar-refractivity contribution < 1.29 is 0 Å². The van der Waals surface area contributed by atoms with Gasteiger partial charge in [0.2, 0.25) is 5.95 Å². The minimum absolute atomic E-state index is 0.438. The number of nitrogens with two attached hydrogens (primary N) is 1. The van der Waals surface area contributed by atoms with Gasteiger partial charge in [-0.3, -0.25) is 4.90 Å². The molecule has 0 radical (unpaired) electrons. The second-order valence-electron chi connectivity index (χ2n) is 6.13. The topological polar surface area (TPSA) is 58.3 Å². The first-order valence-electron chi connectivity index (χ1n) is 7.81. The van der Waals surface area contributed by atoms with Crippen LogP contribution in [0.5, 0.6) is 0 Å². The summed E-state index contributed by atoms with van der Waals surface area (Å²) >= 11 is 0. The summed E-state index contributed by atoms with van der Waals surface area (Å²) in [6, 6.07) is 2.30. The van der Waals surface area contributed by atoms with Gasteiger partial charge in [-0.05, 0) is 31.2 Å². The molecule has 3 rings (SSSR count). The Bertz CT molecular complexity index is 402. The van der Waals surface area contributed by atoms with Gasteiger partial charge in [0, 0.05) is 51.2 Å². The van der Waals surface area contributed by atoms with Crippen molar-refractivity contribution in [2.45, 2.75) is 31.7 Å². The van der Waals surface area contributed by atoms with Gasteiger partial charge in [0.15, 0.2) is 0 Å². The van der Waals surface area contributed by atoms with E-state index >= 15 is 0 Å². The largest absolute Gasteiger partial charge is 0.338 e. The summed E-state index contributed by atoms with van der Waals surface area (Å²) in [6.07, 6.45) is 8.73. The van der Waals surface area contributed by atoms with Gasteiger partial charge in [0.05, 0.1) is 0 Å². The van der Waals surface area contributed by atoms with E-state index in [-0.39, 0.29) is 0 Å². The fourth-order valence-electron chi connectivity index (χ4n) is 3.45. The molecule has 2 fully saturated rings. The molecule has 1 aromatic rings. The SMILES string of the molecule is NC1CCCC(CN2CCN(c3ncccn3)CC2)C1. The Morgan fingerprint density at radius 2 is 1.85 bits per heavy atom. The predicted molar refractivity (Wildman–Crippen MR) is 80.6 cm³/mol. The van der Waals surface area contributed by atoms with Gasteiger partial charge in [-0.15, -0.1) is 0 Å². The van der Waals surface area contributed by atoms with Gasteiger partial charge in [0.25, 0.3) is 0 Å². The number of anilines is 1. The molecule has 0 spiro atoms. The molecule has 5 nitrogen and oxygen atoms in total. The molecule has 5 heteroatoms. The van der Waals surface area contributed by atoms with Crippen LogP contribution in [-0.4, -0.2) is 53.6 Å². The lowest BCUT2D eigenvalue weighted by molar-refractivity contribution is 0.184. The van der Waals surface area contributed by atoms with Gasteiger partial charge in [0.1, 0.15) is 0 Å². The molecule has 2 heterocycles. The molecule has 1 aromatic heterocycles. The Balaban J connectivity index is 1.46. The highest BCUT2D eigenvalue weighted by molar-refractivity contribution is 5.29. The van der Waals surface area contributed by atoms with Crippen molar-refractivity contribution in [1.29, 1.82) is 0 Å². The van der Waals surface area contributed by atoms with Crippen molar-refractivity contribution in [2.24, 2.45) is 11.7 Å². The maximum absolute atomic E-state index is 6.09. The zero-order valence-electron chi connectivity index (χ0n) is 12.1. The zero-order chi connectivity index (χ0) is 13.8. The summed E-state index contributed by atoms with van der Waals surface area (Å²) in [4.78, 5) is 13.5. The minimum atomic E-state index is 0.438. The lowest BCUT2D eigenvalue weighted by Crippen LogP contribution is -2.49. The maximum Gasteiger partial charge on any atom is 0.225 e. The minimum Gasteiger partial charge on any atom is -0.338 e. The van der Waals surface area contributed by atoms with Gasteiger partial charge in [-0.2, -0.15) is 0 Å². The number of piperazine rings is 1. The van der Waals surface area contributed by atoms with E-state index in [9.17, 15) is 0 Å². The van der Waals surface area contributed by atoms with E-state index in [0.717, 1.165) is 38.0 Å². The van der Waals surface area contributed by atoms with E-state index in [1.165, 1.54) is 32.2 Å². The lowest BCUT2D eigenvalue weighted by atomic mass is 9.86. The van der Waals surface area contributed by atoms with Crippen LogP contribution in [0.1, 0.15) is 25.7 Å². The second-order valence-corrected chi connectivity index (χ2v) is 6.13. The maximum atomic E-state index is 6.09. The van der Waals surface area contributed by atoms with Gasteiger partial charge < -0.3 is 10.6 Å². The van der Waals surface area contributed by atoms with E-state index < -0.39 is 0 Å². The molecular weight excluding hydrogens is 250 g/mol. The van der Waals surface area contributed by atoms with Crippen molar-refractivity contribution in [3.05, 3.63) is 18.5 Å². The predicted octanol–water partition coefficient (Wildman–Crippen LogP) is 1.12. The first kappa shape index (κ1) is 13.8. The highest BCUT2D eigenvalue weighted by atomic mass is 15.3. The number of aromatic nitrogens is 2. The van der Waals surface area contributed by atoms with E-state index in [1.54, 1.807) is 0 Å². The van der Waals surface area contributed by atoms with Crippen LogP contribution < -0.4 is 10.6 Å². The average Bonchev–Trinajstić information content (AvgIpc) is 2.49. The number of rotatable bonds is 3. The summed E-state index contributed by atoms with van der Waals surface area (Å²) in [5, 5.41) is 0. The molecule has 2 unspecified atom stereocenters. The van der Waals surface area contributed by atoms with E-state index in [2.05, 4.69) is 19.8 Å². The highest BCUT2D eigenvalue weighted by Gasteiger charge is 2.24. The molecule has 110 valence electrons. The highest BCUT2D eigenvalue weighted by Crippen LogP contribution is 2.24. The molecule has 1 aliphatic heterocycles. The van der Waals surface area contributed by atoms with Crippen LogP contribution in [0.15, 0.2) is 18.5 Å². The Kier molecular flexibility index (Phi) is 4.47. The van der Waals surface area contributed by atoms with Crippen LogP contribution >= 0.6 is 0 Å². The summed E-state index contributed by atoms with van der Waals surface area (Å²) in [6.45, 7) is 5.51. The fourth-order valence-corrected chi connectivity index (χ4v) is 3.45. The molecule has 2 atom stereocenters. The van der Waals surface area contributed by atoms with Crippen LogP contribution in [0, 0.1) is 5.92 Å². The summed E-state index contributed by atoms with van der Waals surface area (Å²) in [7, 11) is 0. The molecule has 0 aromatic carbocycles. The zero-order valence-corrected chi connectivity index (χ0v) is 12.1. The third kappa shape index (κ3) is 3.46. The van der Waals surface area contributed by atoms with Crippen LogP contribution in [0.3, 0.4) is 0 Å². The van der Waals surface area contributed by atoms with Crippen LogP contribution in [-0.2, 0) is 0 Å². The van der Waals surface area contributed by atoms with Crippen LogP contribution in [0.2, 0.25) is 0 Å². The smallest absolute Gasteiger partial charge is 0.225 e. The normalized spacial score (nSPS) is 28.6. The van der Waals surface area contributed by atoms with Crippen molar-refractivity contribution >= 4 is 5.95 Å². The van der Waals surface area contributed by atoms with Crippen LogP contribution in [0.4, 0.5) is 5.95 Å². The van der Waals surface area contributed by atoms with Crippen molar-refractivity contribution in [2.75, 3.05) is 37.6 Å². The summed E-state index contributed by atoms with van der Waals surface area (Å²) in [5.74, 6) is 1.67. The van der Waals surface area contributed by atoms with E-state index in [1.807, 2.05) is 18.5 Å². The third-order valence-corrected chi connectivity index (χ3v) is 4.55. The van der Waals surface area contributed by atoms with Gasteiger partial charge in [-0.1, -0.05) is 6.42 Å². The standard InChI is InChI=1S/C15H25N5/c16-14-4-1-3-13(11-14)12-19-7-9-20(10-8-19)15-17-5-2-6-18-15/h2,5-6,13-14H,1,3-4,7-12,16H2. The lowest BCUT2D eigenvalue weighted by Gasteiger charge is -2.37. The molecule has 1 saturated heterocycles. The second kappa shape index (κ2) is 6.50. The molecule has 1 saturated carbocycles. The number of hydrogen-bond donors (Lipinski definition) is 1. The Morgan fingerprint density at radius 3 is 2.55 bits per heavy atom. The summed E-state index contributed by atoms with van der Waals surface area (Å²) in [5.41, 5.74) is 6.09. The number of nitrogens with zero attached hydrogens (tertiary/aromatic N) is 4. The number of hydrogen-bond acceptors (Lipinski definition) is 5. The molecule has 0 amide bonds. The third-order valence-electron chi connectivity index (χ3n) is 4.55.